The summed E-state index contributed by atoms with van der Waals surface area (Å²) < 4.78 is 10.4. The quantitative estimate of drug-likeness (QED) is 0.749. The van der Waals surface area contributed by atoms with E-state index >= 15 is 0 Å². The Hall–Kier alpha value is -1.69. The fourth-order valence-electron chi connectivity index (χ4n) is 2.13. The highest BCUT2D eigenvalue weighted by Gasteiger charge is 2.21. The summed E-state index contributed by atoms with van der Waals surface area (Å²) in [5, 5.41) is 3.20. The number of carbonyl (C=O) groups is 2. The van der Waals surface area contributed by atoms with Gasteiger partial charge in [0.25, 0.3) is 5.91 Å². The molecule has 0 atom stereocenters. The van der Waals surface area contributed by atoms with Crippen LogP contribution in [0, 0.1) is 20.8 Å². The van der Waals surface area contributed by atoms with Crippen molar-refractivity contribution in [3.63, 3.8) is 0 Å². The first kappa shape index (κ1) is 18.6. The number of anilines is 1. The molecule has 1 heterocycles. The van der Waals surface area contributed by atoms with Gasteiger partial charge < -0.3 is 14.5 Å². The number of furan rings is 1. The molecule has 128 valence electrons. The smallest absolute Gasteiger partial charge is 0.342 e. The number of hydrogen-bond acceptors (Lipinski definition) is 4. The maximum Gasteiger partial charge on any atom is 0.342 e. The molecule has 0 unspecified atom stereocenters. The van der Waals surface area contributed by atoms with Gasteiger partial charge in [0.15, 0.2) is 6.61 Å². The molecule has 1 amide bonds. The summed E-state index contributed by atoms with van der Waals surface area (Å²) in [4.78, 5) is 24.1. The summed E-state index contributed by atoms with van der Waals surface area (Å²) >= 11 is 17.8. The molecule has 1 aromatic heterocycles. The van der Waals surface area contributed by atoms with E-state index in [1.54, 1.807) is 20.8 Å². The molecular formula is C16H14Cl3NO4. The first-order chi connectivity index (χ1) is 11.2. The standard InChI is InChI=1S/C16H14Cl3NO4/c1-7-8(2)24-9(3)14(7)16(22)23-6-13(21)20-15-11(18)4-10(17)5-12(15)19/h4-5H,6H2,1-3H3,(H,20,21). The number of aryl methyl sites for hydroxylation is 2. The van der Waals surface area contributed by atoms with Crippen molar-refractivity contribution < 1.29 is 18.7 Å². The first-order valence-corrected chi connectivity index (χ1v) is 8.02. The second-order valence-electron chi connectivity index (χ2n) is 5.08. The normalized spacial score (nSPS) is 10.6. The molecule has 0 radical (unpaired) electrons. The maximum atomic E-state index is 12.1. The number of benzene rings is 1. The highest BCUT2D eigenvalue weighted by molar-refractivity contribution is 6.42. The van der Waals surface area contributed by atoms with E-state index in [0.717, 1.165) is 0 Å². The number of hydrogen-bond donors (Lipinski definition) is 1. The van der Waals surface area contributed by atoms with Crippen molar-refractivity contribution >= 4 is 52.4 Å². The second-order valence-corrected chi connectivity index (χ2v) is 6.33. The lowest BCUT2D eigenvalue weighted by molar-refractivity contribution is -0.119. The van der Waals surface area contributed by atoms with E-state index < -0.39 is 18.5 Å². The van der Waals surface area contributed by atoms with Crippen LogP contribution in [0.3, 0.4) is 0 Å². The second kappa shape index (κ2) is 7.47. The molecule has 0 fully saturated rings. The monoisotopic (exact) mass is 389 g/mol. The Bertz CT molecular complexity index is 791. The lowest BCUT2D eigenvalue weighted by Crippen LogP contribution is -2.21. The van der Waals surface area contributed by atoms with E-state index in [1.165, 1.54) is 12.1 Å². The van der Waals surface area contributed by atoms with Crippen molar-refractivity contribution in [2.45, 2.75) is 20.8 Å². The van der Waals surface area contributed by atoms with E-state index in [9.17, 15) is 9.59 Å². The molecular weight excluding hydrogens is 377 g/mol. The summed E-state index contributed by atoms with van der Waals surface area (Å²) in [5.41, 5.74) is 1.21. The summed E-state index contributed by atoms with van der Waals surface area (Å²) in [7, 11) is 0. The molecule has 0 aliphatic carbocycles. The van der Waals surface area contributed by atoms with Gasteiger partial charge in [-0.05, 0) is 32.9 Å². The van der Waals surface area contributed by atoms with Crippen LogP contribution in [-0.2, 0) is 9.53 Å². The Morgan fingerprint density at radius 3 is 2.17 bits per heavy atom. The number of halogens is 3. The summed E-state index contributed by atoms with van der Waals surface area (Å²) in [5.74, 6) is -0.141. The van der Waals surface area contributed by atoms with Crippen LogP contribution in [0.4, 0.5) is 5.69 Å². The number of amides is 1. The van der Waals surface area contributed by atoms with Crippen LogP contribution < -0.4 is 5.32 Å². The van der Waals surface area contributed by atoms with Crippen LogP contribution in [-0.4, -0.2) is 18.5 Å². The number of rotatable bonds is 4. The van der Waals surface area contributed by atoms with Crippen LogP contribution >= 0.6 is 34.8 Å². The lowest BCUT2D eigenvalue weighted by atomic mass is 10.1. The van der Waals surface area contributed by atoms with Crippen LogP contribution in [0.5, 0.6) is 0 Å². The van der Waals surface area contributed by atoms with Crippen molar-refractivity contribution in [2.75, 3.05) is 11.9 Å². The predicted molar refractivity (Wildman–Crippen MR) is 93.3 cm³/mol. The van der Waals surface area contributed by atoms with Crippen molar-refractivity contribution in [3.8, 4) is 0 Å². The highest BCUT2D eigenvalue weighted by atomic mass is 35.5. The molecule has 0 spiro atoms. The Balaban J connectivity index is 2.03. The molecule has 0 aliphatic rings. The number of carbonyl (C=O) groups excluding carboxylic acids is 2. The predicted octanol–water partition coefficient (Wildman–Crippen LogP) is 4.96. The topological polar surface area (TPSA) is 68.5 Å². The number of ether oxygens (including phenoxy) is 1. The zero-order valence-corrected chi connectivity index (χ0v) is 15.4. The van der Waals surface area contributed by atoms with Gasteiger partial charge in [0.1, 0.15) is 17.1 Å². The van der Waals surface area contributed by atoms with Gasteiger partial charge >= 0.3 is 5.97 Å². The van der Waals surface area contributed by atoms with Gasteiger partial charge in [0, 0.05) is 10.6 Å². The molecule has 5 nitrogen and oxygen atoms in total. The highest BCUT2D eigenvalue weighted by Crippen LogP contribution is 2.33. The van der Waals surface area contributed by atoms with Crippen molar-refractivity contribution in [1.29, 1.82) is 0 Å². The third-order valence-electron chi connectivity index (χ3n) is 3.37. The average molecular weight is 391 g/mol. The SMILES string of the molecule is Cc1oc(C)c(C(=O)OCC(=O)Nc2c(Cl)cc(Cl)cc2Cl)c1C. The molecule has 1 aromatic carbocycles. The summed E-state index contributed by atoms with van der Waals surface area (Å²) in [6.07, 6.45) is 0. The molecule has 0 aliphatic heterocycles. The van der Waals surface area contributed by atoms with Crippen LogP contribution in [0.15, 0.2) is 16.5 Å². The largest absolute Gasteiger partial charge is 0.465 e. The third kappa shape index (κ3) is 4.04. The van der Waals surface area contributed by atoms with Crippen LogP contribution in [0.2, 0.25) is 15.1 Å². The van der Waals surface area contributed by atoms with E-state index in [4.69, 9.17) is 44.0 Å². The number of esters is 1. The minimum atomic E-state index is -0.634. The van der Waals surface area contributed by atoms with Crippen molar-refractivity contribution in [3.05, 3.63) is 49.8 Å². The zero-order valence-electron chi connectivity index (χ0n) is 13.1. The van der Waals surface area contributed by atoms with E-state index in [1.807, 2.05) is 0 Å². The van der Waals surface area contributed by atoms with Gasteiger partial charge in [-0.2, -0.15) is 0 Å². The molecule has 0 saturated carbocycles. The van der Waals surface area contributed by atoms with Crippen molar-refractivity contribution in [1.82, 2.24) is 0 Å². The molecule has 1 N–H and O–H groups in total. The van der Waals surface area contributed by atoms with Gasteiger partial charge in [-0.3, -0.25) is 4.79 Å². The molecule has 2 rings (SSSR count). The van der Waals surface area contributed by atoms with E-state index in [0.29, 0.717) is 27.7 Å². The van der Waals surface area contributed by atoms with Gasteiger partial charge in [-0.1, -0.05) is 34.8 Å². The Kier molecular flexibility index (Phi) is 5.80. The average Bonchev–Trinajstić information content (AvgIpc) is 2.73. The van der Waals surface area contributed by atoms with Gasteiger partial charge in [0.2, 0.25) is 0 Å². The Morgan fingerprint density at radius 2 is 1.67 bits per heavy atom. The first-order valence-electron chi connectivity index (χ1n) is 6.88. The minimum absolute atomic E-state index is 0.185. The fourth-order valence-corrected chi connectivity index (χ4v) is 3.05. The molecule has 8 heteroatoms. The Morgan fingerprint density at radius 1 is 1.08 bits per heavy atom. The molecule has 0 saturated heterocycles. The summed E-state index contributed by atoms with van der Waals surface area (Å²) in [6.45, 7) is 4.66. The van der Waals surface area contributed by atoms with Gasteiger partial charge in [-0.25, -0.2) is 4.79 Å². The maximum absolute atomic E-state index is 12.1. The lowest BCUT2D eigenvalue weighted by Gasteiger charge is -2.10. The molecule has 24 heavy (non-hydrogen) atoms. The molecule has 2 aromatic rings. The van der Waals surface area contributed by atoms with Crippen LogP contribution in [0.1, 0.15) is 27.4 Å². The van der Waals surface area contributed by atoms with Gasteiger partial charge in [0.05, 0.1) is 15.7 Å². The fraction of sp³-hybridized carbons (Fsp3) is 0.250. The van der Waals surface area contributed by atoms with Gasteiger partial charge in [-0.15, -0.1) is 0 Å². The van der Waals surface area contributed by atoms with Crippen LogP contribution in [0.25, 0.3) is 0 Å². The molecule has 0 bridgehead atoms. The third-order valence-corrected chi connectivity index (χ3v) is 4.19. The van der Waals surface area contributed by atoms with E-state index in [-0.39, 0.29) is 15.7 Å². The zero-order chi connectivity index (χ0) is 18.0. The summed E-state index contributed by atoms with van der Waals surface area (Å²) in [6, 6.07) is 2.88. The van der Waals surface area contributed by atoms with Crippen molar-refractivity contribution in [2.24, 2.45) is 0 Å². The van der Waals surface area contributed by atoms with E-state index in [2.05, 4.69) is 5.32 Å². The Labute approximate surface area is 153 Å². The number of nitrogens with one attached hydrogen (secondary N) is 1. The minimum Gasteiger partial charge on any atom is -0.465 e.